The summed E-state index contributed by atoms with van der Waals surface area (Å²) >= 11 is 0. The number of pyridine rings is 1. The molecule has 38 heavy (non-hydrogen) atoms. The van der Waals surface area contributed by atoms with E-state index >= 15 is 0 Å². The largest absolute Gasteiger partial charge is 0.619 e. The third kappa shape index (κ3) is 10.4. The molecule has 12 heteroatoms. The van der Waals surface area contributed by atoms with E-state index in [2.05, 4.69) is 16.0 Å². The van der Waals surface area contributed by atoms with E-state index in [1.54, 1.807) is 44.2 Å². The van der Waals surface area contributed by atoms with Crippen LogP contribution in [0.5, 0.6) is 0 Å². The number of nitrogens with one attached hydrogen (secondary N) is 3. The highest BCUT2D eigenvalue weighted by atomic mass is 16.5. The summed E-state index contributed by atoms with van der Waals surface area (Å²) in [4.78, 5) is 38.9. The number of amides is 3. The van der Waals surface area contributed by atoms with Crippen LogP contribution in [0.2, 0.25) is 0 Å². The Morgan fingerprint density at radius 3 is 2.13 bits per heavy atom. The smallest absolute Gasteiger partial charge is 0.475 e. The van der Waals surface area contributed by atoms with Crippen LogP contribution in [0.25, 0.3) is 0 Å². The zero-order valence-electron chi connectivity index (χ0n) is 22.2. The molecule has 2 rings (SSSR count). The zero-order valence-corrected chi connectivity index (χ0v) is 22.2. The Morgan fingerprint density at radius 1 is 0.921 bits per heavy atom. The molecular formula is C26H37BN4O7. The van der Waals surface area contributed by atoms with Crippen LogP contribution in [0.4, 0.5) is 4.79 Å². The molecule has 0 spiro atoms. The summed E-state index contributed by atoms with van der Waals surface area (Å²) in [5.74, 6) is -2.44. The van der Waals surface area contributed by atoms with E-state index in [0.29, 0.717) is 10.3 Å². The third-order valence-electron chi connectivity index (χ3n) is 5.79. The van der Waals surface area contributed by atoms with Crippen molar-refractivity contribution in [1.29, 1.82) is 0 Å². The number of ether oxygens (including phenoxy) is 1. The molecule has 1 heterocycles. The summed E-state index contributed by atoms with van der Waals surface area (Å²) in [6.45, 7) is 7.19. The Balaban J connectivity index is 2.19. The van der Waals surface area contributed by atoms with Crippen molar-refractivity contribution >= 4 is 25.0 Å². The fourth-order valence-corrected chi connectivity index (χ4v) is 3.80. The Labute approximate surface area is 223 Å². The van der Waals surface area contributed by atoms with E-state index in [9.17, 15) is 29.6 Å². The van der Waals surface area contributed by atoms with Gasteiger partial charge in [0.1, 0.15) is 18.7 Å². The summed E-state index contributed by atoms with van der Waals surface area (Å²) in [6, 6.07) is 10.0. The minimum Gasteiger partial charge on any atom is -0.619 e. The molecular weight excluding hydrogens is 491 g/mol. The van der Waals surface area contributed by atoms with Gasteiger partial charge < -0.3 is 35.9 Å². The van der Waals surface area contributed by atoms with Crippen LogP contribution in [0, 0.1) is 17.0 Å². The highest BCUT2D eigenvalue weighted by Crippen LogP contribution is 2.10. The number of carbonyl (C=O) groups is 3. The SMILES string of the molecule is CC(C)C[C@H](NC(=O)[C@H](Cc1ccc[n+]([O-])c1)NC(=O)OCc1ccccc1)C(=O)N[C@H](B(O)O)C(C)C. The molecule has 0 unspecified atom stereocenters. The molecule has 2 aromatic rings. The van der Waals surface area contributed by atoms with Gasteiger partial charge in [-0.3, -0.25) is 9.59 Å². The number of alkyl carbamates (subject to hydrolysis) is 1. The molecule has 0 radical (unpaired) electrons. The Morgan fingerprint density at radius 2 is 1.55 bits per heavy atom. The van der Waals surface area contributed by atoms with Gasteiger partial charge in [0.15, 0.2) is 12.4 Å². The van der Waals surface area contributed by atoms with Crippen molar-refractivity contribution in [2.24, 2.45) is 11.8 Å². The molecule has 206 valence electrons. The van der Waals surface area contributed by atoms with Crippen LogP contribution >= 0.6 is 0 Å². The highest BCUT2D eigenvalue weighted by Gasteiger charge is 2.33. The van der Waals surface area contributed by atoms with E-state index < -0.39 is 43.1 Å². The molecule has 0 aliphatic carbocycles. The molecule has 3 atom stereocenters. The first kappa shape index (κ1) is 30.6. The summed E-state index contributed by atoms with van der Waals surface area (Å²) in [7, 11) is -1.78. The Hall–Kier alpha value is -3.64. The predicted octanol–water partition coefficient (Wildman–Crippen LogP) is 0.841. The lowest BCUT2D eigenvalue weighted by Gasteiger charge is -2.27. The molecule has 0 aliphatic heterocycles. The normalized spacial score (nSPS) is 13.4. The number of hydrogen-bond acceptors (Lipinski definition) is 7. The molecule has 1 aromatic heterocycles. The second-order valence-electron chi connectivity index (χ2n) is 9.92. The van der Waals surface area contributed by atoms with E-state index in [-0.39, 0.29) is 31.3 Å². The highest BCUT2D eigenvalue weighted by molar-refractivity contribution is 6.43. The van der Waals surface area contributed by atoms with Gasteiger partial charge in [0.05, 0.1) is 5.94 Å². The maximum absolute atomic E-state index is 13.3. The lowest BCUT2D eigenvalue weighted by atomic mass is 9.73. The topological polar surface area (TPSA) is 164 Å². The standard InChI is InChI=1S/C26H37BN4O7/c1-17(2)13-21(25(33)30-23(18(3)4)27(35)36)28-24(32)22(14-20-11-8-12-31(37)15-20)29-26(34)38-16-19-9-6-5-7-10-19/h5-12,15,17-18,21-23,35-36H,13-14,16H2,1-4H3,(H,28,32)(H,29,34)(H,30,33)/t21-,22-,23-/m0/s1. The van der Waals surface area contributed by atoms with Crippen LogP contribution in [0.1, 0.15) is 45.2 Å². The van der Waals surface area contributed by atoms with Crippen LogP contribution < -0.4 is 20.7 Å². The second-order valence-corrected chi connectivity index (χ2v) is 9.92. The van der Waals surface area contributed by atoms with Crippen LogP contribution in [-0.2, 0) is 27.4 Å². The lowest BCUT2D eigenvalue weighted by molar-refractivity contribution is -0.605. The molecule has 0 fully saturated rings. The average Bonchev–Trinajstić information content (AvgIpc) is 2.85. The number of nitrogens with zero attached hydrogens (tertiary/aromatic N) is 1. The van der Waals surface area contributed by atoms with E-state index in [4.69, 9.17) is 4.74 Å². The summed E-state index contributed by atoms with van der Waals surface area (Å²) < 4.78 is 5.84. The van der Waals surface area contributed by atoms with Gasteiger partial charge in [-0.05, 0) is 29.9 Å². The van der Waals surface area contributed by atoms with Crippen LogP contribution in [0.15, 0.2) is 54.9 Å². The maximum atomic E-state index is 13.3. The van der Waals surface area contributed by atoms with E-state index in [1.165, 1.54) is 18.5 Å². The fraction of sp³-hybridized carbons (Fsp3) is 0.462. The van der Waals surface area contributed by atoms with Gasteiger partial charge in [-0.2, -0.15) is 4.73 Å². The van der Waals surface area contributed by atoms with Crippen molar-refractivity contribution in [2.75, 3.05) is 0 Å². The monoisotopic (exact) mass is 528 g/mol. The van der Waals surface area contributed by atoms with Crippen molar-refractivity contribution in [2.45, 2.75) is 65.2 Å². The van der Waals surface area contributed by atoms with Gasteiger partial charge in [0, 0.05) is 18.1 Å². The first-order chi connectivity index (χ1) is 18.0. The summed E-state index contributed by atoms with van der Waals surface area (Å²) in [5.41, 5.74) is 1.25. The lowest BCUT2D eigenvalue weighted by Crippen LogP contribution is -2.58. The van der Waals surface area contributed by atoms with Gasteiger partial charge in [-0.25, -0.2) is 4.79 Å². The maximum Gasteiger partial charge on any atom is 0.475 e. The second kappa shape index (κ2) is 14.9. The molecule has 0 saturated carbocycles. The van der Waals surface area contributed by atoms with Crippen LogP contribution in [-0.4, -0.2) is 53.1 Å². The molecule has 5 N–H and O–H groups in total. The third-order valence-corrected chi connectivity index (χ3v) is 5.79. The number of rotatable bonds is 13. The Kier molecular flexibility index (Phi) is 12.0. The van der Waals surface area contributed by atoms with Gasteiger partial charge >= 0.3 is 13.2 Å². The zero-order chi connectivity index (χ0) is 28.2. The van der Waals surface area contributed by atoms with E-state index in [1.807, 2.05) is 19.9 Å². The molecule has 11 nitrogen and oxygen atoms in total. The van der Waals surface area contributed by atoms with Gasteiger partial charge in [-0.15, -0.1) is 0 Å². The summed E-state index contributed by atoms with van der Waals surface area (Å²) in [6.07, 6.45) is 1.97. The number of aromatic nitrogens is 1. The Bertz CT molecular complexity index is 1040. The van der Waals surface area contributed by atoms with Crippen molar-refractivity contribution in [1.82, 2.24) is 16.0 Å². The number of benzene rings is 1. The number of hydrogen-bond donors (Lipinski definition) is 5. The average molecular weight is 528 g/mol. The van der Waals surface area contributed by atoms with Gasteiger partial charge in [0.25, 0.3) is 0 Å². The van der Waals surface area contributed by atoms with Crippen molar-refractivity contribution in [3.63, 3.8) is 0 Å². The molecule has 0 aliphatic rings. The van der Waals surface area contributed by atoms with Crippen LogP contribution in [0.3, 0.4) is 0 Å². The summed E-state index contributed by atoms with van der Waals surface area (Å²) in [5, 5.41) is 38.8. The number of carbonyl (C=O) groups excluding carboxylic acids is 3. The first-order valence-electron chi connectivity index (χ1n) is 12.6. The molecule has 0 saturated heterocycles. The van der Waals surface area contributed by atoms with Crippen molar-refractivity contribution < 1.29 is 33.9 Å². The first-order valence-corrected chi connectivity index (χ1v) is 12.6. The van der Waals surface area contributed by atoms with E-state index in [0.717, 1.165) is 5.56 Å². The molecule has 1 aromatic carbocycles. The quantitative estimate of drug-likeness (QED) is 0.146. The minimum absolute atomic E-state index is 0.00856. The predicted molar refractivity (Wildman–Crippen MR) is 141 cm³/mol. The van der Waals surface area contributed by atoms with Crippen molar-refractivity contribution in [3.8, 4) is 0 Å². The minimum atomic E-state index is -1.78. The van der Waals surface area contributed by atoms with Crippen molar-refractivity contribution in [3.05, 3.63) is 71.2 Å². The van der Waals surface area contributed by atoms with Gasteiger partial charge in [-0.1, -0.05) is 58.0 Å². The fourth-order valence-electron chi connectivity index (χ4n) is 3.80. The molecule has 0 bridgehead atoms. The molecule has 3 amide bonds. The van der Waals surface area contributed by atoms with Gasteiger partial charge in [0.2, 0.25) is 11.8 Å².